The van der Waals surface area contributed by atoms with Gasteiger partial charge in [0.05, 0.1) is 25.2 Å². The highest BCUT2D eigenvalue weighted by Crippen LogP contribution is 2.17. The minimum absolute atomic E-state index is 0.0278. The first-order chi connectivity index (χ1) is 8.60. The molecule has 0 aliphatic rings. The third-order valence-corrected chi connectivity index (χ3v) is 2.23. The number of unbranched alkanes of at least 4 members (excludes halogenated alkanes) is 1. The fraction of sp³-hybridized carbons (Fsp3) is 0.417. The van der Waals surface area contributed by atoms with Crippen LogP contribution >= 0.6 is 0 Å². The van der Waals surface area contributed by atoms with E-state index in [0.717, 1.165) is 19.0 Å². The van der Waals surface area contributed by atoms with Gasteiger partial charge in [0.25, 0.3) is 0 Å². The topological polar surface area (TPSA) is 88.5 Å². The number of ether oxygens (including phenoxy) is 2. The maximum Gasteiger partial charge on any atom is 0.339 e. The van der Waals surface area contributed by atoms with Crippen LogP contribution in [-0.4, -0.2) is 30.6 Å². The number of pyridine rings is 1. The predicted molar refractivity (Wildman–Crippen MR) is 60.3 cm³/mol. The van der Waals surface area contributed by atoms with Gasteiger partial charge in [0.2, 0.25) is 0 Å². The lowest BCUT2D eigenvalue weighted by atomic mass is 10.2. The number of rotatable bonds is 6. The summed E-state index contributed by atoms with van der Waals surface area (Å²) < 4.78 is 9.80. The summed E-state index contributed by atoms with van der Waals surface area (Å²) in [4.78, 5) is 25.9. The number of hydrogen-bond donors (Lipinski definition) is 0. The van der Waals surface area contributed by atoms with Crippen molar-refractivity contribution < 1.29 is 24.2 Å². The van der Waals surface area contributed by atoms with Crippen LogP contribution in [0.25, 0.3) is 0 Å². The van der Waals surface area contributed by atoms with E-state index in [2.05, 4.69) is 4.98 Å². The van der Waals surface area contributed by atoms with Gasteiger partial charge in [-0.05, 0) is 12.5 Å². The molecule has 1 aromatic heterocycles. The van der Waals surface area contributed by atoms with E-state index in [1.165, 1.54) is 13.2 Å². The quantitative estimate of drug-likeness (QED) is 0.538. The highest BCUT2D eigenvalue weighted by molar-refractivity contribution is 5.92. The Labute approximate surface area is 105 Å². The van der Waals surface area contributed by atoms with Gasteiger partial charge in [0, 0.05) is 6.20 Å². The number of carboxylic acid groups (broad SMARTS) is 1. The zero-order valence-electron chi connectivity index (χ0n) is 10.3. The first-order valence-corrected chi connectivity index (χ1v) is 5.52. The lowest BCUT2D eigenvalue weighted by molar-refractivity contribution is -0.255. The van der Waals surface area contributed by atoms with Crippen molar-refractivity contribution in [1.82, 2.24) is 4.98 Å². The maximum absolute atomic E-state index is 11.6. The van der Waals surface area contributed by atoms with Crippen LogP contribution in [0.15, 0.2) is 12.3 Å². The number of carbonyl (C=O) groups excluding carboxylic acids is 2. The van der Waals surface area contributed by atoms with Gasteiger partial charge in [0.15, 0.2) is 0 Å². The molecule has 98 valence electrons. The van der Waals surface area contributed by atoms with Gasteiger partial charge in [-0.2, -0.15) is 0 Å². The Morgan fingerprint density at radius 1 is 1.44 bits per heavy atom. The molecule has 0 atom stereocenters. The zero-order chi connectivity index (χ0) is 13.5. The summed E-state index contributed by atoms with van der Waals surface area (Å²) in [6, 6.07) is 1.27. The smallest absolute Gasteiger partial charge is 0.339 e. The van der Waals surface area contributed by atoms with Crippen molar-refractivity contribution in [2.75, 3.05) is 13.7 Å². The Morgan fingerprint density at radius 3 is 2.72 bits per heavy atom. The summed E-state index contributed by atoms with van der Waals surface area (Å²) in [5, 5.41) is 10.7. The number of carbonyl (C=O) groups is 2. The van der Waals surface area contributed by atoms with Crippen molar-refractivity contribution in [1.29, 1.82) is 0 Å². The molecular formula is C12H14NO5-. The molecule has 0 aliphatic carbocycles. The highest BCUT2D eigenvalue weighted by atomic mass is 16.5. The van der Waals surface area contributed by atoms with Crippen LogP contribution in [-0.2, 0) is 4.74 Å². The van der Waals surface area contributed by atoms with Crippen LogP contribution in [0.5, 0.6) is 5.75 Å². The molecular weight excluding hydrogens is 238 g/mol. The molecule has 0 unspecified atom stereocenters. The first-order valence-electron chi connectivity index (χ1n) is 5.52. The van der Waals surface area contributed by atoms with Gasteiger partial charge in [0.1, 0.15) is 11.4 Å². The standard InChI is InChI=1S/C12H15NO5/c1-3-4-5-18-12(16)8-6-9(17-2)10(11(14)15)13-7-8/h6-7H,3-5H2,1-2H3,(H,14,15)/p-1. The van der Waals surface area contributed by atoms with E-state index in [0.29, 0.717) is 6.61 Å². The van der Waals surface area contributed by atoms with Crippen LogP contribution in [0.1, 0.15) is 40.6 Å². The van der Waals surface area contributed by atoms with Gasteiger partial charge in [-0.1, -0.05) is 13.3 Å². The van der Waals surface area contributed by atoms with E-state index < -0.39 is 11.9 Å². The molecule has 1 heterocycles. The summed E-state index contributed by atoms with van der Waals surface area (Å²) in [5.41, 5.74) is -0.199. The molecule has 0 amide bonds. The van der Waals surface area contributed by atoms with Crippen LogP contribution < -0.4 is 9.84 Å². The van der Waals surface area contributed by atoms with Crippen LogP contribution in [0.4, 0.5) is 0 Å². The van der Waals surface area contributed by atoms with Crippen molar-refractivity contribution in [3.63, 3.8) is 0 Å². The summed E-state index contributed by atoms with van der Waals surface area (Å²) in [5.74, 6) is -2.04. The number of nitrogens with zero attached hydrogens (tertiary/aromatic N) is 1. The number of carboxylic acids is 1. The van der Waals surface area contributed by atoms with Crippen LogP contribution in [0, 0.1) is 0 Å². The second-order valence-electron chi connectivity index (χ2n) is 3.55. The molecule has 1 aromatic rings. The Kier molecular flexibility index (Phi) is 5.10. The lowest BCUT2D eigenvalue weighted by Gasteiger charge is -2.10. The Morgan fingerprint density at radius 2 is 2.17 bits per heavy atom. The minimum Gasteiger partial charge on any atom is -0.543 e. The van der Waals surface area contributed by atoms with Gasteiger partial charge < -0.3 is 19.4 Å². The highest BCUT2D eigenvalue weighted by Gasteiger charge is 2.13. The molecule has 0 fully saturated rings. The van der Waals surface area contributed by atoms with Gasteiger partial charge in [-0.3, -0.25) is 4.98 Å². The number of aromatic carboxylic acids is 1. The summed E-state index contributed by atoms with van der Waals surface area (Å²) in [7, 11) is 1.29. The largest absolute Gasteiger partial charge is 0.543 e. The molecule has 0 N–H and O–H groups in total. The van der Waals surface area contributed by atoms with Crippen molar-refractivity contribution in [2.45, 2.75) is 19.8 Å². The lowest BCUT2D eigenvalue weighted by Crippen LogP contribution is -2.24. The first kappa shape index (κ1) is 14.0. The molecule has 0 spiro atoms. The second kappa shape index (κ2) is 6.58. The predicted octanol–water partition coefficient (Wildman–Crippen LogP) is 0.411. The molecule has 0 aromatic carbocycles. The fourth-order valence-electron chi connectivity index (χ4n) is 1.26. The Hall–Kier alpha value is -2.11. The van der Waals surface area contributed by atoms with E-state index in [4.69, 9.17) is 9.47 Å². The van der Waals surface area contributed by atoms with E-state index >= 15 is 0 Å². The average Bonchev–Trinajstić information content (AvgIpc) is 2.37. The van der Waals surface area contributed by atoms with E-state index in [9.17, 15) is 14.7 Å². The Bertz CT molecular complexity index is 444. The van der Waals surface area contributed by atoms with Gasteiger partial charge in [-0.15, -0.1) is 0 Å². The fourth-order valence-corrected chi connectivity index (χ4v) is 1.26. The molecule has 0 saturated carbocycles. The molecule has 18 heavy (non-hydrogen) atoms. The normalized spacial score (nSPS) is 9.89. The maximum atomic E-state index is 11.6. The molecule has 0 aliphatic heterocycles. The summed E-state index contributed by atoms with van der Waals surface area (Å²) >= 11 is 0. The minimum atomic E-state index is -1.46. The summed E-state index contributed by atoms with van der Waals surface area (Å²) in [6.07, 6.45) is 2.81. The van der Waals surface area contributed by atoms with Crippen molar-refractivity contribution in [3.8, 4) is 5.75 Å². The second-order valence-corrected chi connectivity index (χ2v) is 3.55. The van der Waals surface area contributed by atoms with E-state index in [1.54, 1.807) is 0 Å². The van der Waals surface area contributed by atoms with Crippen molar-refractivity contribution in [2.24, 2.45) is 0 Å². The van der Waals surface area contributed by atoms with Crippen LogP contribution in [0.2, 0.25) is 0 Å². The molecule has 0 radical (unpaired) electrons. The molecule has 6 heteroatoms. The third-order valence-electron chi connectivity index (χ3n) is 2.23. The third kappa shape index (κ3) is 3.44. The monoisotopic (exact) mass is 252 g/mol. The van der Waals surface area contributed by atoms with Gasteiger partial charge >= 0.3 is 5.97 Å². The van der Waals surface area contributed by atoms with E-state index in [-0.39, 0.29) is 17.0 Å². The number of methoxy groups -OCH3 is 1. The Balaban J connectivity index is 2.85. The van der Waals surface area contributed by atoms with Crippen molar-refractivity contribution in [3.05, 3.63) is 23.5 Å². The molecule has 1 rings (SSSR count). The van der Waals surface area contributed by atoms with E-state index in [1.807, 2.05) is 6.92 Å². The molecule has 0 bridgehead atoms. The zero-order valence-corrected chi connectivity index (χ0v) is 10.3. The SMILES string of the molecule is CCCCOC(=O)c1cnc(C(=O)[O-])c(OC)c1. The number of esters is 1. The number of aromatic nitrogens is 1. The van der Waals surface area contributed by atoms with Crippen LogP contribution in [0.3, 0.4) is 0 Å². The molecule has 6 nitrogen and oxygen atoms in total. The van der Waals surface area contributed by atoms with Gasteiger partial charge in [-0.25, -0.2) is 4.79 Å². The van der Waals surface area contributed by atoms with Crippen molar-refractivity contribution >= 4 is 11.9 Å². The average molecular weight is 252 g/mol. The summed E-state index contributed by atoms with van der Waals surface area (Å²) in [6.45, 7) is 2.30. The molecule has 0 saturated heterocycles. The number of hydrogen-bond acceptors (Lipinski definition) is 6.